The molecule has 0 aliphatic carbocycles. The Hall–Kier alpha value is -1.62. The van der Waals surface area contributed by atoms with Crippen molar-refractivity contribution in [3.8, 4) is 0 Å². The zero-order chi connectivity index (χ0) is 14.8. The van der Waals surface area contributed by atoms with E-state index in [1.807, 2.05) is 25.1 Å². The molecule has 0 amide bonds. The second-order valence-electron chi connectivity index (χ2n) is 4.56. The third kappa shape index (κ3) is 4.20. The SMILES string of the molecule is Cc1ccc(Cc2ccc(SC(F)(F)F)cc2)cc1N. The lowest BCUT2D eigenvalue weighted by Crippen LogP contribution is -1.99. The number of hydrogen-bond donors (Lipinski definition) is 1. The second kappa shape index (κ2) is 5.79. The maximum absolute atomic E-state index is 12.2. The summed E-state index contributed by atoms with van der Waals surface area (Å²) in [7, 11) is 0. The number of aryl methyl sites for hydroxylation is 1. The minimum Gasteiger partial charge on any atom is -0.399 e. The summed E-state index contributed by atoms with van der Waals surface area (Å²) < 4.78 is 36.7. The highest BCUT2D eigenvalue weighted by atomic mass is 32.2. The van der Waals surface area contributed by atoms with Crippen LogP contribution < -0.4 is 5.73 Å². The highest BCUT2D eigenvalue weighted by Gasteiger charge is 2.28. The highest BCUT2D eigenvalue weighted by Crippen LogP contribution is 2.36. The number of rotatable bonds is 3. The lowest BCUT2D eigenvalue weighted by Gasteiger charge is -2.08. The quantitative estimate of drug-likeness (QED) is 0.651. The molecule has 106 valence electrons. The zero-order valence-corrected chi connectivity index (χ0v) is 11.7. The van der Waals surface area contributed by atoms with Gasteiger partial charge >= 0.3 is 5.51 Å². The predicted octanol–water partition coefficient (Wildman–Crippen LogP) is 4.78. The first-order valence-corrected chi connectivity index (χ1v) is 6.85. The predicted molar refractivity (Wildman–Crippen MR) is 76.8 cm³/mol. The minimum absolute atomic E-state index is 0.0999. The van der Waals surface area contributed by atoms with Crippen molar-refractivity contribution in [3.63, 3.8) is 0 Å². The maximum atomic E-state index is 12.2. The van der Waals surface area contributed by atoms with Crippen LogP contribution in [0.5, 0.6) is 0 Å². The first-order valence-electron chi connectivity index (χ1n) is 6.03. The van der Waals surface area contributed by atoms with Crippen molar-refractivity contribution in [2.24, 2.45) is 0 Å². The van der Waals surface area contributed by atoms with Crippen molar-refractivity contribution in [1.82, 2.24) is 0 Å². The van der Waals surface area contributed by atoms with Crippen molar-refractivity contribution < 1.29 is 13.2 Å². The van der Waals surface area contributed by atoms with E-state index in [0.717, 1.165) is 22.4 Å². The van der Waals surface area contributed by atoms with Crippen molar-refractivity contribution in [3.05, 3.63) is 59.2 Å². The molecule has 5 heteroatoms. The van der Waals surface area contributed by atoms with E-state index in [-0.39, 0.29) is 16.7 Å². The Kier molecular flexibility index (Phi) is 4.28. The summed E-state index contributed by atoms with van der Waals surface area (Å²) in [6.45, 7) is 1.93. The van der Waals surface area contributed by atoms with Gasteiger partial charge in [-0.15, -0.1) is 0 Å². The molecule has 2 rings (SSSR count). The van der Waals surface area contributed by atoms with E-state index >= 15 is 0 Å². The molecule has 2 aromatic rings. The molecule has 1 nitrogen and oxygen atoms in total. The van der Waals surface area contributed by atoms with E-state index in [1.54, 1.807) is 12.1 Å². The molecule has 0 aliphatic heterocycles. The minimum atomic E-state index is -4.24. The summed E-state index contributed by atoms with van der Waals surface area (Å²) in [5.41, 5.74) is 5.35. The summed E-state index contributed by atoms with van der Waals surface area (Å²) in [5.74, 6) is 0. The van der Waals surface area contributed by atoms with Crippen LogP contribution >= 0.6 is 11.8 Å². The molecule has 0 heterocycles. The van der Waals surface area contributed by atoms with Gasteiger partial charge < -0.3 is 5.73 Å². The van der Waals surface area contributed by atoms with Crippen LogP contribution in [0.25, 0.3) is 0 Å². The van der Waals surface area contributed by atoms with Gasteiger partial charge in [0.1, 0.15) is 0 Å². The third-order valence-corrected chi connectivity index (χ3v) is 3.65. The molecular formula is C15H14F3NS. The number of thioether (sulfide) groups is 1. The fraction of sp³-hybridized carbons (Fsp3) is 0.200. The molecule has 0 fully saturated rings. The summed E-state index contributed by atoms with van der Waals surface area (Å²) in [4.78, 5) is 0.199. The van der Waals surface area contributed by atoms with Crippen LogP contribution in [0.2, 0.25) is 0 Å². The summed E-state index contributed by atoms with van der Waals surface area (Å²) in [5, 5.41) is 0. The average Bonchev–Trinajstić information content (AvgIpc) is 2.35. The summed E-state index contributed by atoms with van der Waals surface area (Å²) in [6.07, 6.45) is 0.654. The molecular weight excluding hydrogens is 283 g/mol. The number of nitrogen functional groups attached to an aromatic ring is 1. The fourth-order valence-corrected chi connectivity index (χ4v) is 2.38. The summed E-state index contributed by atoms with van der Waals surface area (Å²) in [6, 6.07) is 12.2. The monoisotopic (exact) mass is 297 g/mol. The third-order valence-electron chi connectivity index (χ3n) is 2.91. The van der Waals surface area contributed by atoms with Crippen molar-refractivity contribution in [2.45, 2.75) is 23.7 Å². The van der Waals surface area contributed by atoms with E-state index in [2.05, 4.69) is 0 Å². The Bertz CT molecular complexity index is 591. The molecule has 0 aromatic heterocycles. The standard InChI is InChI=1S/C15H14F3NS/c1-10-2-3-12(9-14(10)19)8-11-4-6-13(7-5-11)20-15(16,17)18/h2-7,9H,8,19H2,1H3. The van der Waals surface area contributed by atoms with Gasteiger partial charge in [0.05, 0.1) is 0 Å². The molecule has 0 saturated heterocycles. The van der Waals surface area contributed by atoms with Crippen LogP contribution in [0.1, 0.15) is 16.7 Å². The van der Waals surface area contributed by atoms with Crippen molar-refractivity contribution in [1.29, 1.82) is 0 Å². The van der Waals surface area contributed by atoms with Crippen LogP contribution in [0.3, 0.4) is 0 Å². The van der Waals surface area contributed by atoms with Gasteiger partial charge in [-0.2, -0.15) is 13.2 Å². The van der Waals surface area contributed by atoms with E-state index in [1.165, 1.54) is 12.1 Å². The largest absolute Gasteiger partial charge is 0.446 e. The Labute approximate surface area is 120 Å². The van der Waals surface area contributed by atoms with Gasteiger partial charge in [-0.05, 0) is 60.0 Å². The van der Waals surface area contributed by atoms with Crippen molar-refractivity contribution >= 4 is 17.4 Å². The lowest BCUT2D eigenvalue weighted by atomic mass is 10.0. The van der Waals surface area contributed by atoms with Gasteiger partial charge in [0, 0.05) is 10.6 Å². The summed E-state index contributed by atoms with van der Waals surface area (Å²) >= 11 is -0.0999. The van der Waals surface area contributed by atoms with E-state index < -0.39 is 5.51 Å². The second-order valence-corrected chi connectivity index (χ2v) is 5.70. The van der Waals surface area contributed by atoms with Gasteiger partial charge in [-0.3, -0.25) is 0 Å². The van der Waals surface area contributed by atoms with Crippen LogP contribution in [0, 0.1) is 6.92 Å². The molecule has 0 atom stereocenters. The molecule has 2 N–H and O–H groups in total. The van der Waals surface area contributed by atoms with Gasteiger partial charge in [-0.1, -0.05) is 24.3 Å². The van der Waals surface area contributed by atoms with Gasteiger partial charge in [0.15, 0.2) is 0 Å². The van der Waals surface area contributed by atoms with Gasteiger partial charge in [0.25, 0.3) is 0 Å². The van der Waals surface area contributed by atoms with Gasteiger partial charge in [-0.25, -0.2) is 0 Å². The molecule has 20 heavy (non-hydrogen) atoms. The lowest BCUT2D eigenvalue weighted by molar-refractivity contribution is -0.0328. The zero-order valence-electron chi connectivity index (χ0n) is 10.9. The number of alkyl halides is 3. The smallest absolute Gasteiger partial charge is 0.399 e. The first kappa shape index (κ1) is 14.8. The first-order chi connectivity index (χ1) is 9.33. The number of benzene rings is 2. The molecule has 0 aliphatic rings. The molecule has 0 radical (unpaired) electrons. The van der Waals surface area contributed by atoms with E-state index in [9.17, 15) is 13.2 Å². The number of halogens is 3. The molecule has 0 unspecified atom stereocenters. The Morgan fingerprint density at radius 2 is 1.60 bits per heavy atom. The maximum Gasteiger partial charge on any atom is 0.446 e. The average molecular weight is 297 g/mol. The van der Waals surface area contributed by atoms with Crippen LogP contribution in [-0.4, -0.2) is 5.51 Å². The normalized spacial score (nSPS) is 11.6. The Balaban J connectivity index is 2.08. The number of hydrogen-bond acceptors (Lipinski definition) is 2. The van der Waals surface area contributed by atoms with Crippen LogP contribution in [0.15, 0.2) is 47.4 Å². The fourth-order valence-electron chi connectivity index (χ4n) is 1.84. The molecule has 0 saturated carbocycles. The topological polar surface area (TPSA) is 26.0 Å². The Morgan fingerprint density at radius 3 is 2.15 bits per heavy atom. The number of nitrogens with two attached hydrogens (primary N) is 1. The van der Waals surface area contributed by atoms with Gasteiger partial charge in [0.2, 0.25) is 0 Å². The number of anilines is 1. The van der Waals surface area contributed by atoms with E-state index in [4.69, 9.17) is 5.73 Å². The molecule has 2 aromatic carbocycles. The highest BCUT2D eigenvalue weighted by molar-refractivity contribution is 8.00. The van der Waals surface area contributed by atoms with Crippen LogP contribution in [-0.2, 0) is 6.42 Å². The Morgan fingerprint density at radius 1 is 1.00 bits per heavy atom. The van der Waals surface area contributed by atoms with Crippen LogP contribution in [0.4, 0.5) is 18.9 Å². The van der Waals surface area contributed by atoms with Crippen molar-refractivity contribution in [2.75, 3.05) is 5.73 Å². The van der Waals surface area contributed by atoms with E-state index in [0.29, 0.717) is 6.42 Å². The molecule has 0 spiro atoms. The molecule has 0 bridgehead atoms.